The van der Waals surface area contributed by atoms with Crippen LogP contribution >= 0.6 is 0 Å². The van der Waals surface area contributed by atoms with Crippen molar-refractivity contribution in [2.45, 2.75) is 19.9 Å². The summed E-state index contributed by atoms with van der Waals surface area (Å²) in [6, 6.07) is 12.0. The van der Waals surface area contributed by atoms with Crippen molar-refractivity contribution >= 4 is 11.4 Å². The van der Waals surface area contributed by atoms with Gasteiger partial charge in [0.1, 0.15) is 5.69 Å². The fraction of sp³-hybridized carbons (Fsp3) is 0.409. The summed E-state index contributed by atoms with van der Waals surface area (Å²) in [6.45, 7) is 7.39. The topological polar surface area (TPSA) is 66.5 Å². The first-order chi connectivity index (χ1) is 13.7. The van der Waals surface area contributed by atoms with Gasteiger partial charge in [-0.05, 0) is 25.0 Å². The molecule has 0 aliphatic carbocycles. The minimum absolute atomic E-state index is 0.0519. The maximum atomic E-state index is 13.2. The maximum Gasteiger partial charge on any atom is 0.276 e. The van der Waals surface area contributed by atoms with Gasteiger partial charge in [0.05, 0.1) is 18.9 Å². The number of nitrogens with zero attached hydrogens (tertiary/aromatic N) is 3. The van der Waals surface area contributed by atoms with Crippen molar-refractivity contribution in [1.29, 1.82) is 0 Å². The number of rotatable bonds is 7. The molecule has 0 bridgehead atoms. The lowest BCUT2D eigenvalue weighted by atomic mass is 10.1. The van der Waals surface area contributed by atoms with Crippen LogP contribution in [0.5, 0.6) is 0 Å². The molecule has 0 spiro atoms. The smallest absolute Gasteiger partial charge is 0.276 e. The third kappa shape index (κ3) is 5.16. The molecule has 0 atom stereocenters. The average molecular weight is 380 g/mol. The Morgan fingerprint density at radius 3 is 2.64 bits per heavy atom. The lowest BCUT2D eigenvalue weighted by molar-refractivity contribution is 0.242. The zero-order chi connectivity index (χ0) is 19.8. The molecule has 3 rings (SSSR count). The molecule has 6 heteroatoms. The quantitative estimate of drug-likeness (QED) is 0.712. The number of hydrogen-bond acceptors (Lipinski definition) is 5. The van der Waals surface area contributed by atoms with Crippen molar-refractivity contribution < 1.29 is 0 Å². The first-order valence-corrected chi connectivity index (χ1v) is 9.79. The van der Waals surface area contributed by atoms with Crippen LogP contribution in [-0.2, 0) is 13.0 Å². The van der Waals surface area contributed by atoms with Crippen molar-refractivity contribution in [3.63, 3.8) is 0 Å². The number of nitrogens with two attached hydrogens (primary N) is 1. The fourth-order valence-electron chi connectivity index (χ4n) is 3.43. The van der Waals surface area contributed by atoms with Crippen LogP contribution in [0.25, 0.3) is 0 Å². The zero-order valence-corrected chi connectivity index (χ0v) is 16.5. The molecular formula is C22H29N5O. The van der Waals surface area contributed by atoms with Gasteiger partial charge < -0.3 is 20.5 Å². The summed E-state index contributed by atoms with van der Waals surface area (Å²) < 4.78 is 1.75. The van der Waals surface area contributed by atoms with E-state index in [9.17, 15) is 4.79 Å². The van der Waals surface area contributed by atoms with E-state index < -0.39 is 0 Å². The molecule has 1 aromatic heterocycles. The van der Waals surface area contributed by atoms with Gasteiger partial charge in [0.2, 0.25) is 0 Å². The van der Waals surface area contributed by atoms with Gasteiger partial charge in [-0.15, -0.1) is 5.92 Å². The Labute approximate surface area is 166 Å². The molecule has 6 nitrogen and oxygen atoms in total. The molecule has 0 saturated carbocycles. The van der Waals surface area contributed by atoms with Crippen molar-refractivity contribution in [2.75, 3.05) is 50.0 Å². The van der Waals surface area contributed by atoms with Crippen LogP contribution in [0.1, 0.15) is 12.5 Å². The average Bonchev–Trinajstić information content (AvgIpc) is 2.73. The highest BCUT2D eigenvalue weighted by molar-refractivity contribution is 5.66. The number of anilines is 2. The summed E-state index contributed by atoms with van der Waals surface area (Å²) in [7, 11) is 0. The van der Waals surface area contributed by atoms with Gasteiger partial charge in [0.25, 0.3) is 5.56 Å². The van der Waals surface area contributed by atoms with Gasteiger partial charge in [0, 0.05) is 38.9 Å². The van der Waals surface area contributed by atoms with Crippen LogP contribution in [0.4, 0.5) is 11.4 Å². The Bertz CT molecular complexity index is 875. The Kier molecular flexibility index (Phi) is 7.12. The number of hydrogen-bond donors (Lipinski definition) is 2. The number of aryl methyl sites for hydroxylation is 2. The molecule has 0 radical (unpaired) electrons. The first kappa shape index (κ1) is 20.0. The molecule has 1 saturated heterocycles. The largest absolute Gasteiger partial charge is 0.397 e. The third-order valence-corrected chi connectivity index (χ3v) is 5.00. The Morgan fingerprint density at radius 2 is 1.93 bits per heavy atom. The SMILES string of the molecule is CC#CCN(CN1CCNCC1)c1c(N)ccn(CCc2ccccc2)c1=O. The molecule has 1 aliphatic heterocycles. The molecule has 148 valence electrons. The highest BCUT2D eigenvalue weighted by Crippen LogP contribution is 2.18. The summed E-state index contributed by atoms with van der Waals surface area (Å²) in [5.74, 6) is 6.03. The van der Waals surface area contributed by atoms with E-state index in [4.69, 9.17) is 5.73 Å². The number of pyridine rings is 1. The van der Waals surface area contributed by atoms with Crippen molar-refractivity contribution in [3.8, 4) is 11.8 Å². The fourth-order valence-corrected chi connectivity index (χ4v) is 3.43. The van der Waals surface area contributed by atoms with Crippen LogP contribution in [0, 0.1) is 11.8 Å². The van der Waals surface area contributed by atoms with E-state index in [1.54, 1.807) is 10.8 Å². The maximum absolute atomic E-state index is 13.2. The second-order valence-electron chi connectivity index (χ2n) is 6.99. The Hall–Kier alpha value is -2.75. The molecule has 0 amide bonds. The normalized spacial score (nSPS) is 14.3. The van der Waals surface area contributed by atoms with E-state index in [0.29, 0.717) is 31.1 Å². The second kappa shape index (κ2) is 9.98. The van der Waals surface area contributed by atoms with Crippen LogP contribution in [-0.4, -0.2) is 48.9 Å². The monoisotopic (exact) mass is 379 g/mol. The lowest BCUT2D eigenvalue weighted by Crippen LogP contribution is -2.49. The molecule has 2 heterocycles. The highest BCUT2D eigenvalue weighted by Gasteiger charge is 2.19. The summed E-state index contributed by atoms with van der Waals surface area (Å²) >= 11 is 0. The molecule has 3 N–H and O–H groups in total. The summed E-state index contributed by atoms with van der Waals surface area (Å²) in [6.07, 6.45) is 2.59. The number of benzene rings is 1. The van der Waals surface area contributed by atoms with E-state index >= 15 is 0 Å². The minimum atomic E-state index is -0.0519. The molecule has 2 aromatic rings. The number of piperazine rings is 1. The van der Waals surface area contributed by atoms with E-state index in [1.165, 1.54) is 5.56 Å². The van der Waals surface area contributed by atoms with Crippen molar-refractivity contribution in [1.82, 2.24) is 14.8 Å². The van der Waals surface area contributed by atoms with Crippen LogP contribution in [0.3, 0.4) is 0 Å². The second-order valence-corrected chi connectivity index (χ2v) is 6.99. The molecule has 0 unspecified atom stereocenters. The van der Waals surface area contributed by atoms with E-state index in [1.807, 2.05) is 36.1 Å². The van der Waals surface area contributed by atoms with Crippen molar-refractivity contribution in [2.24, 2.45) is 0 Å². The lowest BCUT2D eigenvalue weighted by Gasteiger charge is -2.33. The van der Waals surface area contributed by atoms with E-state index in [0.717, 1.165) is 32.6 Å². The number of nitrogens with one attached hydrogen (secondary N) is 1. The first-order valence-electron chi connectivity index (χ1n) is 9.79. The molecular weight excluding hydrogens is 350 g/mol. The van der Waals surface area contributed by atoms with Crippen LogP contribution in [0.15, 0.2) is 47.4 Å². The molecule has 1 aromatic carbocycles. The van der Waals surface area contributed by atoms with Crippen molar-refractivity contribution in [3.05, 3.63) is 58.5 Å². The highest BCUT2D eigenvalue weighted by atomic mass is 16.1. The zero-order valence-electron chi connectivity index (χ0n) is 16.5. The van der Waals surface area contributed by atoms with E-state index in [2.05, 4.69) is 34.2 Å². The van der Waals surface area contributed by atoms with Gasteiger partial charge in [-0.3, -0.25) is 9.69 Å². The molecule has 28 heavy (non-hydrogen) atoms. The minimum Gasteiger partial charge on any atom is -0.397 e. The Morgan fingerprint density at radius 1 is 1.18 bits per heavy atom. The Balaban J connectivity index is 1.83. The predicted molar refractivity (Wildman–Crippen MR) is 115 cm³/mol. The number of nitrogen functional groups attached to an aromatic ring is 1. The molecule has 1 aliphatic rings. The third-order valence-electron chi connectivity index (χ3n) is 5.00. The molecule has 1 fully saturated rings. The van der Waals surface area contributed by atoms with Gasteiger partial charge in [-0.1, -0.05) is 36.3 Å². The van der Waals surface area contributed by atoms with E-state index in [-0.39, 0.29) is 5.56 Å². The van der Waals surface area contributed by atoms with Gasteiger partial charge in [-0.25, -0.2) is 0 Å². The summed E-state index contributed by atoms with van der Waals surface area (Å²) in [5, 5.41) is 3.36. The summed E-state index contributed by atoms with van der Waals surface area (Å²) in [5.41, 5.74) is 8.46. The predicted octanol–water partition coefficient (Wildman–Crippen LogP) is 1.37. The standard InChI is InChI=1S/C22H29N5O/c1-2-3-13-27(18-25-16-11-24-12-17-25)21-20(23)10-15-26(22(21)28)14-9-19-7-5-4-6-8-19/h4-8,10,15,24H,9,11-14,16-18,23H2,1H3. The van der Waals surface area contributed by atoms with Crippen LogP contribution in [0.2, 0.25) is 0 Å². The van der Waals surface area contributed by atoms with Crippen LogP contribution < -0.4 is 21.5 Å². The summed E-state index contributed by atoms with van der Waals surface area (Å²) in [4.78, 5) is 17.6. The number of aromatic nitrogens is 1. The van der Waals surface area contributed by atoms with Gasteiger partial charge in [-0.2, -0.15) is 0 Å². The van der Waals surface area contributed by atoms with Gasteiger partial charge >= 0.3 is 0 Å². The van der Waals surface area contributed by atoms with Gasteiger partial charge in [0.15, 0.2) is 0 Å².